The van der Waals surface area contributed by atoms with Crippen LogP contribution in [0.4, 0.5) is 5.69 Å². The molecule has 0 saturated carbocycles. The minimum atomic E-state index is -0.159. The average Bonchev–Trinajstić information content (AvgIpc) is 2.58. The van der Waals surface area contributed by atoms with Crippen LogP contribution < -0.4 is 15.0 Å². The molecular formula is C17H23N3O4. The number of ether oxygens (including phenoxy) is 2. The number of carbonyl (C=O) groups excluding carboxylic acids is 2. The van der Waals surface area contributed by atoms with Gasteiger partial charge in [0, 0.05) is 32.2 Å². The molecular weight excluding hydrogens is 310 g/mol. The first-order valence-corrected chi connectivity index (χ1v) is 8.16. The van der Waals surface area contributed by atoms with E-state index in [9.17, 15) is 9.59 Å². The molecule has 7 heteroatoms. The second kappa shape index (κ2) is 7.19. The highest BCUT2D eigenvalue weighted by molar-refractivity contribution is 6.00. The Morgan fingerprint density at radius 2 is 2.21 bits per heavy atom. The molecule has 3 rings (SSSR count). The normalized spacial score (nSPS) is 21.2. The molecule has 1 fully saturated rings. The summed E-state index contributed by atoms with van der Waals surface area (Å²) in [5.41, 5.74) is 1.14. The number of nitrogens with one attached hydrogen (secondary N) is 1. The number of benzene rings is 1. The second-order valence-corrected chi connectivity index (χ2v) is 6.22. The minimum absolute atomic E-state index is 0.0326. The van der Waals surface area contributed by atoms with Gasteiger partial charge in [0.1, 0.15) is 5.75 Å². The molecule has 1 N–H and O–H groups in total. The zero-order valence-corrected chi connectivity index (χ0v) is 14.1. The lowest BCUT2D eigenvalue weighted by Gasteiger charge is -2.30. The molecule has 0 aliphatic carbocycles. The van der Waals surface area contributed by atoms with Crippen molar-refractivity contribution in [3.63, 3.8) is 0 Å². The highest BCUT2D eigenvalue weighted by Gasteiger charge is 2.23. The van der Waals surface area contributed by atoms with Gasteiger partial charge in [0.2, 0.25) is 0 Å². The Morgan fingerprint density at radius 3 is 3.00 bits per heavy atom. The van der Waals surface area contributed by atoms with E-state index in [1.165, 1.54) is 4.90 Å². The van der Waals surface area contributed by atoms with Crippen molar-refractivity contribution in [3.8, 4) is 5.75 Å². The van der Waals surface area contributed by atoms with Crippen LogP contribution in [0, 0.1) is 0 Å². The molecule has 0 aromatic heterocycles. The Morgan fingerprint density at radius 1 is 1.38 bits per heavy atom. The predicted octanol–water partition coefficient (Wildman–Crippen LogP) is 0.492. The van der Waals surface area contributed by atoms with Crippen molar-refractivity contribution in [2.24, 2.45) is 0 Å². The SMILES string of the molecule is CN1CCOC(CCNC(=O)c2ccc3c(c2)N(C)C(=O)CO3)C1. The number of fused-ring (bicyclic) bond motifs is 1. The fourth-order valence-corrected chi connectivity index (χ4v) is 2.90. The number of amides is 2. The van der Waals surface area contributed by atoms with Crippen LogP contribution >= 0.6 is 0 Å². The summed E-state index contributed by atoms with van der Waals surface area (Å²) in [5, 5.41) is 2.91. The number of likely N-dealkylation sites (N-methyl/N-ethyl adjacent to an activating group) is 2. The molecule has 0 radical (unpaired) electrons. The number of hydrogen-bond donors (Lipinski definition) is 1. The standard InChI is InChI=1S/C17H23N3O4/c1-19-7-8-23-13(10-19)5-6-18-17(22)12-3-4-15-14(9-12)20(2)16(21)11-24-15/h3-4,9,13H,5-8,10-11H2,1-2H3,(H,18,22). The van der Waals surface area contributed by atoms with E-state index in [0.29, 0.717) is 23.5 Å². The van der Waals surface area contributed by atoms with E-state index in [2.05, 4.69) is 17.3 Å². The van der Waals surface area contributed by atoms with E-state index >= 15 is 0 Å². The van der Waals surface area contributed by atoms with Gasteiger partial charge >= 0.3 is 0 Å². The second-order valence-electron chi connectivity index (χ2n) is 6.22. The number of morpholine rings is 1. The van der Waals surface area contributed by atoms with Crippen LogP contribution in [-0.2, 0) is 9.53 Å². The Kier molecular flexibility index (Phi) is 5.01. The summed E-state index contributed by atoms with van der Waals surface area (Å²) >= 11 is 0. The molecule has 1 aromatic carbocycles. The van der Waals surface area contributed by atoms with E-state index in [1.54, 1.807) is 25.2 Å². The van der Waals surface area contributed by atoms with Crippen LogP contribution in [0.1, 0.15) is 16.8 Å². The van der Waals surface area contributed by atoms with Gasteiger partial charge in [0.15, 0.2) is 6.61 Å². The van der Waals surface area contributed by atoms with Crippen molar-refractivity contribution in [3.05, 3.63) is 23.8 Å². The maximum Gasteiger partial charge on any atom is 0.264 e. The Hall–Kier alpha value is -2.12. The summed E-state index contributed by atoms with van der Waals surface area (Å²) in [4.78, 5) is 27.8. The van der Waals surface area contributed by atoms with Gasteiger partial charge in [0.05, 0.1) is 18.4 Å². The van der Waals surface area contributed by atoms with Crippen LogP contribution in [-0.4, -0.2) is 69.8 Å². The van der Waals surface area contributed by atoms with Gasteiger partial charge in [-0.2, -0.15) is 0 Å². The molecule has 2 aliphatic rings. The molecule has 1 aromatic rings. The lowest BCUT2D eigenvalue weighted by Crippen LogP contribution is -2.41. The molecule has 2 aliphatic heterocycles. The fraction of sp³-hybridized carbons (Fsp3) is 0.529. The summed E-state index contributed by atoms with van der Waals surface area (Å²) in [6.45, 7) is 3.16. The van der Waals surface area contributed by atoms with Crippen LogP contribution in [0.15, 0.2) is 18.2 Å². The molecule has 0 spiro atoms. The molecule has 24 heavy (non-hydrogen) atoms. The third kappa shape index (κ3) is 3.68. The summed E-state index contributed by atoms with van der Waals surface area (Å²) in [5.74, 6) is 0.333. The van der Waals surface area contributed by atoms with E-state index < -0.39 is 0 Å². The maximum absolute atomic E-state index is 12.3. The lowest BCUT2D eigenvalue weighted by atomic mass is 10.1. The fourth-order valence-electron chi connectivity index (χ4n) is 2.90. The van der Waals surface area contributed by atoms with Gasteiger partial charge < -0.3 is 24.6 Å². The van der Waals surface area contributed by atoms with Crippen molar-refractivity contribution in [1.29, 1.82) is 0 Å². The molecule has 2 heterocycles. The minimum Gasteiger partial charge on any atom is -0.482 e. The van der Waals surface area contributed by atoms with E-state index in [1.807, 2.05) is 0 Å². The lowest BCUT2D eigenvalue weighted by molar-refractivity contribution is -0.120. The quantitative estimate of drug-likeness (QED) is 0.868. The first-order valence-electron chi connectivity index (χ1n) is 8.16. The largest absolute Gasteiger partial charge is 0.482 e. The Labute approximate surface area is 141 Å². The topological polar surface area (TPSA) is 71.1 Å². The van der Waals surface area contributed by atoms with Crippen LogP contribution in [0.3, 0.4) is 0 Å². The number of anilines is 1. The van der Waals surface area contributed by atoms with Crippen LogP contribution in [0.5, 0.6) is 5.75 Å². The van der Waals surface area contributed by atoms with Crippen molar-refractivity contribution in [2.75, 3.05) is 51.8 Å². The highest BCUT2D eigenvalue weighted by atomic mass is 16.5. The third-order valence-electron chi connectivity index (χ3n) is 4.40. The van der Waals surface area contributed by atoms with Crippen LogP contribution in [0.2, 0.25) is 0 Å². The molecule has 0 bridgehead atoms. The van der Waals surface area contributed by atoms with Crippen LogP contribution in [0.25, 0.3) is 0 Å². The van der Waals surface area contributed by atoms with Crippen molar-refractivity contribution >= 4 is 17.5 Å². The molecule has 130 valence electrons. The first kappa shape index (κ1) is 16.7. The molecule has 1 atom stereocenters. The summed E-state index contributed by atoms with van der Waals surface area (Å²) < 4.78 is 11.0. The number of nitrogens with zero attached hydrogens (tertiary/aromatic N) is 2. The Balaban J connectivity index is 1.56. The zero-order chi connectivity index (χ0) is 17.1. The highest BCUT2D eigenvalue weighted by Crippen LogP contribution is 2.31. The van der Waals surface area contributed by atoms with Crippen molar-refractivity contribution in [2.45, 2.75) is 12.5 Å². The molecule has 7 nitrogen and oxygen atoms in total. The van der Waals surface area contributed by atoms with E-state index in [-0.39, 0.29) is 24.5 Å². The third-order valence-corrected chi connectivity index (χ3v) is 4.40. The zero-order valence-electron chi connectivity index (χ0n) is 14.1. The summed E-state index contributed by atoms with van der Waals surface area (Å²) in [7, 11) is 3.75. The van der Waals surface area contributed by atoms with Gasteiger partial charge in [-0.25, -0.2) is 0 Å². The molecule has 2 amide bonds. The summed E-state index contributed by atoms with van der Waals surface area (Å²) in [6, 6.07) is 5.13. The van der Waals surface area contributed by atoms with Gasteiger partial charge in [-0.05, 0) is 31.7 Å². The smallest absolute Gasteiger partial charge is 0.264 e. The molecule has 1 saturated heterocycles. The monoisotopic (exact) mass is 333 g/mol. The average molecular weight is 333 g/mol. The number of carbonyl (C=O) groups is 2. The first-order chi connectivity index (χ1) is 11.5. The molecule has 1 unspecified atom stereocenters. The van der Waals surface area contributed by atoms with Gasteiger partial charge in [-0.15, -0.1) is 0 Å². The van der Waals surface area contributed by atoms with Crippen molar-refractivity contribution < 1.29 is 19.1 Å². The van der Waals surface area contributed by atoms with Crippen molar-refractivity contribution in [1.82, 2.24) is 10.2 Å². The Bertz CT molecular complexity index is 634. The van der Waals surface area contributed by atoms with E-state index in [0.717, 1.165) is 26.1 Å². The predicted molar refractivity (Wildman–Crippen MR) is 89.5 cm³/mol. The van der Waals surface area contributed by atoms with Gasteiger partial charge in [-0.3, -0.25) is 9.59 Å². The van der Waals surface area contributed by atoms with E-state index in [4.69, 9.17) is 9.47 Å². The van der Waals surface area contributed by atoms with Gasteiger partial charge in [-0.1, -0.05) is 0 Å². The van der Waals surface area contributed by atoms with Gasteiger partial charge in [0.25, 0.3) is 11.8 Å². The number of rotatable bonds is 4. The number of hydrogen-bond acceptors (Lipinski definition) is 5. The maximum atomic E-state index is 12.3. The summed E-state index contributed by atoms with van der Waals surface area (Å²) in [6.07, 6.45) is 0.937.